The van der Waals surface area contributed by atoms with Gasteiger partial charge in [0.05, 0.1) is 6.20 Å². The van der Waals surface area contributed by atoms with Gasteiger partial charge in [0.2, 0.25) is 0 Å². The van der Waals surface area contributed by atoms with Gasteiger partial charge in [0, 0.05) is 38.3 Å². The zero-order valence-corrected chi connectivity index (χ0v) is 19.4. The highest BCUT2D eigenvalue weighted by atomic mass is 32.2. The highest BCUT2D eigenvalue weighted by molar-refractivity contribution is 7.89. The van der Waals surface area contributed by atoms with E-state index in [1.165, 1.54) is 16.6 Å². The van der Waals surface area contributed by atoms with Crippen LogP contribution in [-0.4, -0.2) is 71.8 Å². The molecule has 1 aliphatic heterocycles. The number of aromatic amines is 1. The zero-order valence-electron chi connectivity index (χ0n) is 18.6. The number of nitrogens with one attached hydrogen (secondary N) is 2. The van der Waals surface area contributed by atoms with Crippen molar-refractivity contribution in [1.82, 2.24) is 24.5 Å². The fourth-order valence-electron chi connectivity index (χ4n) is 4.93. The second-order valence-corrected chi connectivity index (χ2v) is 10.7. The van der Waals surface area contributed by atoms with Crippen LogP contribution >= 0.6 is 0 Å². The van der Waals surface area contributed by atoms with Gasteiger partial charge < -0.3 is 10.3 Å². The molecule has 11 heteroatoms. The highest BCUT2D eigenvalue weighted by Gasteiger charge is 2.41. The molecule has 2 heterocycles. The first-order valence-corrected chi connectivity index (χ1v) is 12.7. The Balaban J connectivity index is 1.45. The molecule has 0 bridgehead atoms. The fourth-order valence-corrected chi connectivity index (χ4v) is 6.32. The Hall–Kier alpha value is -2.37. The lowest BCUT2D eigenvalue weighted by molar-refractivity contribution is 0.0239. The summed E-state index contributed by atoms with van der Waals surface area (Å²) in [6.45, 7) is 3.61. The SMILES string of the molecule is Cc1ncc(S(=O)(=O)N2CCN(C3(CNC(=O)c4c(F)cccc4F)CCCCC3)CC2)[nH]1. The van der Waals surface area contributed by atoms with Crippen molar-refractivity contribution < 1.29 is 22.0 Å². The monoisotopic (exact) mass is 481 g/mol. The summed E-state index contributed by atoms with van der Waals surface area (Å²) >= 11 is 0. The highest BCUT2D eigenvalue weighted by Crippen LogP contribution is 2.34. The van der Waals surface area contributed by atoms with Gasteiger partial charge >= 0.3 is 0 Å². The number of carbonyl (C=O) groups excluding carboxylic acids is 1. The number of H-pyrrole nitrogens is 1. The molecule has 0 unspecified atom stereocenters. The number of aryl methyl sites for hydroxylation is 1. The number of piperazine rings is 1. The lowest BCUT2D eigenvalue weighted by atomic mass is 9.79. The smallest absolute Gasteiger partial charge is 0.260 e. The zero-order chi connectivity index (χ0) is 23.6. The lowest BCUT2D eigenvalue weighted by Crippen LogP contribution is -2.62. The van der Waals surface area contributed by atoms with E-state index in [1.807, 2.05) is 0 Å². The number of hydrogen-bond donors (Lipinski definition) is 2. The first-order chi connectivity index (χ1) is 15.7. The van der Waals surface area contributed by atoms with Gasteiger partial charge in [0.1, 0.15) is 23.0 Å². The summed E-state index contributed by atoms with van der Waals surface area (Å²) in [6, 6.07) is 3.35. The second kappa shape index (κ2) is 9.47. The number of rotatable bonds is 6. The molecule has 1 aromatic carbocycles. The molecule has 2 fully saturated rings. The maximum absolute atomic E-state index is 14.0. The number of carbonyl (C=O) groups is 1. The summed E-state index contributed by atoms with van der Waals surface area (Å²) < 4.78 is 55.3. The van der Waals surface area contributed by atoms with Gasteiger partial charge in [-0.1, -0.05) is 25.3 Å². The standard InChI is InChI=1S/C22H29F2N5O3S/c1-16-25-14-19(27-16)33(31,32)29-12-10-28(11-13-29)22(8-3-2-4-9-22)15-26-21(30)20-17(23)6-5-7-18(20)24/h5-7,14H,2-4,8-13,15H2,1H3,(H,25,27)(H,26,30). The predicted octanol–water partition coefficient (Wildman–Crippen LogP) is 2.44. The van der Waals surface area contributed by atoms with E-state index in [1.54, 1.807) is 6.92 Å². The number of hydrogen-bond acceptors (Lipinski definition) is 5. The lowest BCUT2D eigenvalue weighted by Gasteiger charge is -2.49. The van der Waals surface area contributed by atoms with E-state index in [2.05, 4.69) is 20.2 Å². The average Bonchev–Trinajstić information content (AvgIpc) is 3.25. The Labute approximate surface area is 192 Å². The number of nitrogens with zero attached hydrogens (tertiary/aromatic N) is 3. The third-order valence-electron chi connectivity index (χ3n) is 6.76. The number of aromatic nitrogens is 2. The predicted molar refractivity (Wildman–Crippen MR) is 118 cm³/mol. The second-order valence-electron chi connectivity index (χ2n) is 8.79. The van der Waals surface area contributed by atoms with E-state index in [-0.39, 0.29) is 17.1 Å². The fraction of sp³-hybridized carbons (Fsp3) is 0.545. The first-order valence-electron chi connectivity index (χ1n) is 11.2. The van der Waals surface area contributed by atoms with E-state index < -0.39 is 33.1 Å². The van der Waals surface area contributed by atoms with Gasteiger partial charge in [-0.2, -0.15) is 4.31 Å². The minimum absolute atomic E-state index is 0.0833. The molecule has 180 valence electrons. The summed E-state index contributed by atoms with van der Waals surface area (Å²) in [6.07, 6.45) is 6.05. The summed E-state index contributed by atoms with van der Waals surface area (Å²) in [5, 5.41) is 2.84. The Morgan fingerprint density at radius 2 is 1.76 bits per heavy atom. The Morgan fingerprint density at radius 3 is 2.33 bits per heavy atom. The largest absolute Gasteiger partial charge is 0.350 e. The molecule has 0 spiro atoms. The van der Waals surface area contributed by atoms with Crippen molar-refractivity contribution in [2.75, 3.05) is 32.7 Å². The molecular formula is C22H29F2N5O3S. The Bertz CT molecular complexity index is 1090. The molecule has 33 heavy (non-hydrogen) atoms. The topological polar surface area (TPSA) is 98.4 Å². The Kier molecular flexibility index (Phi) is 6.83. The van der Waals surface area contributed by atoms with E-state index in [0.29, 0.717) is 32.0 Å². The molecule has 8 nitrogen and oxygen atoms in total. The number of amides is 1. The van der Waals surface area contributed by atoms with Crippen LogP contribution in [0.15, 0.2) is 29.4 Å². The molecule has 1 amide bonds. The van der Waals surface area contributed by atoms with Crippen LogP contribution in [0.3, 0.4) is 0 Å². The van der Waals surface area contributed by atoms with Crippen LogP contribution < -0.4 is 5.32 Å². The molecule has 2 N–H and O–H groups in total. The van der Waals surface area contributed by atoms with Crippen molar-refractivity contribution in [3.63, 3.8) is 0 Å². The molecule has 2 aliphatic rings. The number of benzene rings is 1. The van der Waals surface area contributed by atoms with Crippen molar-refractivity contribution in [3.8, 4) is 0 Å². The summed E-state index contributed by atoms with van der Waals surface area (Å²) in [7, 11) is -3.65. The van der Waals surface area contributed by atoms with Gasteiger partial charge in [0.25, 0.3) is 15.9 Å². The maximum Gasteiger partial charge on any atom is 0.260 e. The third kappa shape index (κ3) is 4.80. The van der Waals surface area contributed by atoms with E-state index in [0.717, 1.165) is 44.2 Å². The normalized spacial score (nSPS) is 20.0. The molecule has 1 aliphatic carbocycles. The van der Waals surface area contributed by atoms with Gasteiger partial charge in [-0.15, -0.1) is 0 Å². The number of halogens is 2. The van der Waals surface area contributed by atoms with Crippen molar-refractivity contribution in [1.29, 1.82) is 0 Å². The van der Waals surface area contributed by atoms with E-state index >= 15 is 0 Å². The van der Waals surface area contributed by atoms with Crippen molar-refractivity contribution in [3.05, 3.63) is 47.4 Å². The molecule has 2 aromatic rings. The third-order valence-corrected chi connectivity index (χ3v) is 8.57. The molecule has 1 aromatic heterocycles. The number of sulfonamides is 1. The summed E-state index contributed by atoms with van der Waals surface area (Å²) in [4.78, 5) is 21.6. The summed E-state index contributed by atoms with van der Waals surface area (Å²) in [5.41, 5.74) is -0.940. The van der Waals surface area contributed by atoms with Crippen molar-refractivity contribution in [2.24, 2.45) is 0 Å². The molecule has 4 rings (SSSR count). The quantitative estimate of drug-likeness (QED) is 0.661. The van der Waals surface area contributed by atoms with E-state index in [9.17, 15) is 22.0 Å². The van der Waals surface area contributed by atoms with Crippen LogP contribution in [0.2, 0.25) is 0 Å². The van der Waals surface area contributed by atoms with E-state index in [4.69, 9.17) is 0 Å². The Morgan fingerprint density at radius 1 is 1.12 bits per heavy atom. The van der Waals surface area contributed by atoms with Crippen LogP contribution in [-0.2, 0) is 10.0 Å². The number of imidazole rings is 1. The van der Waals surface area contributed by atoms with Crippen molar-refractivity contribution in [2.45, 2.75) is 49.6 Å². The van der Waals surface area contributed by atoms with Gasteiger partial charge in [0.15, 0.2) is 5.03 Å². The molecule has 0 radical (unpaired) electrons. The molecule has 1 saturated heterocycles. The average molecular weight is 482 g/mol. The van der Waals surface area contributed by atoms with Crippen LogP contribution in [0, 0.1) is 18.6 Å². The minimum Gasteiger partial charge on any atom is -0.350 e. The van der Waals surface area contributed by atoms with Crippen molar-refractivity contribution >= 4 is 15.9 Å². The van der Waals surface area contributed by atoms with Crippen LogP contribution in [0.1, 0.15) is 48.3 Å². The molecule has 1 saturated carbocycles. The summed E-state index contributed by atoms with van der Waals surface area (Å²) in [5.74, 6) is -2.02. The van der Waals surface area contributed by atoms with Gasteiger partial charge in [-0.3, -0.25) is 9.69 Å². The van der Waals surface area contributed by atoms with Crippen LogP contribution in [0.4, 0.5) is 8.78 Å². The minimum atomic E-state index is -3.65. The maximum atomic E-state index is 14.0. The molecular weight excluding hydrogens is 452 g/mol. The van der Waals surface area contributed by atoms with Gasteiger partial charge in [-0.05, 0) is 31.9 Å². The van der Waals surface area contributed by atoms with Crippen LogP contribution in [0.25, 0.3) is 0 Å². The van der Waals surface area contributed by atoms with Gasteiger partial charge in [-0.25, -0.2) is 22.2 Å². The molecule has 0 atom stereocenters. The first kappa shape index (κ1) is 23.8. The van der Waals surface area contributed by atoms with Crippen LogP contribution in [0.5, 0.6) is 0 Å².